The number of pyridine rings is 1. The predicted molar refractivity (Wildman–Crippen MR) is 64.7 cm³/mol. The zero-order chi connectivity index (χ0) is 14.2. The first-order valence-electron chi connectivity index (χ1n) is 4.98. The predicted octanol–water partition coefficient (Wildman–Crippen LogP) is 5.21. The average molecular weight is 310 g/mol. The molecule has 0 saturated carbocycles. The molecule has 1 nitrogen and oxygen atoms in total. The van der Waals surface area contributed by atoms with Gasteiger partial charge in [0.2, 0.25) is 0 Å². The Morgan fingerprint density at radius 1 is 1.00 bits per heavy atom. The van der Waals surface area contributed by atoms with Crippen LogP contribution in [0.4, 0.5) is 17.6 Å². The number of hydrogen-bond acceptors (Lipinski definition) is 1. The second kappa shape index (κ2) is 4.98. The summed E-state index contributed by atoms with van der Waals surface area (Å²) in [5, 5.41) is 0.319. The van der Waals surface area contributed by atoms with Gasteiger partial charge < -0.3 is 0 Å². The minimum atomic E-state index is -4.65. The zero-order valence-corrected chi connectivity index (χ0v) is 10.6. The Morgan fingerprint density at radius 3 is 2.26 bits per heavy atom. The third kappa shape index (κ3) is 2.98. The van der Waals surface area contributed by atoms with Crippen LogP contribution in [-0.2, 0) is 6.18 Å². The molecule has 0 aliphatic rings. The molecule has 7 heteroatoms. The first-order valence-corrected chi connectivity index (χ1v) is 5.74. The summed E-state index contributed by atoms with van der Waals surface area (Å²) < 4.78 is 51.2. The average Bonchev–Trinajstić information content (AvgIpc) is 2.29. The maximum absolute atomic E-state index is 13.6. The van der Waals surface area contributed by atoms with E-state index in [1.165, 1.54) is 18.2 Å². The summed E-state index contributed by atoms with van der Waals surface area (Å²) in [6, 6.07) is 5.29. The molecule has 0 fully saturated rings. The van der Waals surface area contributed by atoms with Crippen molar-refractivity contribution in [3.05, 3.63) is 51.9 Å². The largest absolute Gasteiger partial charge is 0.433 e. The van der Waals surface area contributed by atoms with Gasteiger partial charge >= 0.3 is 6.18 Å². The third-order valence-corrected chi connectivity index (χ3v) is 2.87. The van der Waals surface area contributed by atoms with Crippen molar-refractivity contribution in [2.75, 3.05) is 0 Å². The van der Waals surface area contributed by atoms with E-state index in [0.717, 1.165) is 0 Å². The molecule has 1 aromatic carbocycles. The van der Waals surface area contributed by atoms with Crippen LogP contribution in [0.5, 0.6) is 0 Å². The molecule has 0 radical (unpaired) electrons. The Hall–Kier alpha value is -1.33. The lowest BCUT2D eigenvalue weighted by Crippen LogP contribution is -2.09. The molecule has 0 aliphatic carbocycles. The highest BCUT2D eigenvalue weighted by molar-refractivity contribution is 6.36. The van der Waals surface area contributed by atoms with Crippen molar-refractivity contribution >= 4 is 23.2 Å². The molecule has 0 unspecified atom stereocenters. The molecular weight excluding hydrogens is 305 g/mol. The lowest BCUT2D eigenvalue weighted by Gasteiger charge is -2.10. The molecule has 0 amide bonds. The molecule has 1 aromatic heterocycles. The van der Waals surface area contributed by atoms with Crippen LogP contribution >= 0.6 is 23.2 Å². The molecule has 19 heavy (non-hydrogen) atoms. The number of nitrogens with zero attached hydrogens (tertiary/aromatic N) is 1. The van der Waals surface area contributed by atoms with Crippen LogP contribution in [0, 0.1) is 5.82 Å². The molecule has 100 valence electrons. The zero-order valence-electron chi connectivity index (χ0n) is 9.10. The van der Waals surface area contributed by atoms with Crippen LogP contribution in [0.15, 0.2) is 30.3 Å². The van der Waals surface area contributed by atoms with Crippen molar-refractivity contribution in [3.8, 4) is 11.3 Å². The molecule has 0 saturated heterocycles. The monoisotopic (exact) mass is 309 g/mol. The first-order chi connectivity index (χ1) is 8.79. The minimum absolute atomic E-state index is 0.0261. The third-order valence-electron chi connectivity index (χ3n) is 2.32. The summed E-state index contributed by atoms with van der Waals surface area (Å²) in [4.78, 5) is 3.28. The van der Waals surface area contributed by atoms with E-state index in [1.807, 2.05) is 0 Å². The van der Waals surface area contributed by atoms with Crippen molar-refractivity contribution < 1.29 is 17.6 Å². The second-order valence-corrected chi connectivity index (χ2v) is 4.49. The number of rotatable bonds is 1. The second-order valence-electron chi connectivity index (χ2n) is 3.65. The minimum Gasteiger partial charge on any atom is -0.240 e. The summed E-state index contributed by atoms with van der Waals surface area (Å²) in [7, 11) is 0. The lowest BCUT2D eigenvalue weighted by atomic mass is 10.1. The van der Waals surface area contributed by atoms with Crippen LogP contribution in [-0.4, -0.2) is 4.98 Å². The lowest BCUT2D eigenvalue weighted by molar-refractivity contribution is -0.141. The van der Waals surface area contributed by atoms with Gasteiger partial charge in [0.05, 0.1) is 5.02 Å². The van der Waals surface area contributed by atoms with E-state index in [2.05, 4.69) is 4.98 Å². The van der Waals surface area contributed by atoms with E-state index in [-0.39, 0.29) is 10.6 Å². The van der Waals surface area contributed by atoms with E-state index in [1.54, 1.807) is 0 Å². The molecule has 0 spiro atoms. The Labute approximate surface area is 115 Å². The Morgan fingerprint density at radius 2 is 1.68 bits per heavy atom. The number of aromatic nitrogens is 1. The van der Waals surface area contributed by atoms with Gasteiger partial charge in [-0.25, -0.2) is 9.37 Å². The Kier molecular flexibility index (Phi) is 3.69. The molecule has 1 heterocycles. The number of alkyl halides is 3. The van der Waals surface area contributed by atoms with Crippen molar-refractivity contribution in [2.45, 2.75) is 6.18 Å². The molecule has 2 aromatic rings. The van der Waals surface area contributed by atoms with Gasteiger partial charge in [-0.05, 0) is 30.3 Å². The van der Waals surface area contributed by atoms with Crippen LogP contribution in [0.1, 0.15) is 5.69 Å². The normalized spacial score (nSPS) is 11.7. The van der Waals surface area contributed by atoms with Crippen molar-refractivity contribution in [1.29, 1.82) is 0 Å². The van der Waals surface area contributed by atoms with Crippen molar-refractivity contribution in [2.24, 2.45) is 0 Å². The summed E-state index contributed by atoms with van der Waals surface area (Å²) in [5.74, 6) is -0.891. The molecule has 0 aliphatic heterocycles. The van der Waals surface area contributed by atoms with Gasteiger partial charge in [-0.3, -0.25) is 0 Å². The fourth-order valence-corrected chi connectivity index (χ4v) is 1.97. The SMILES string of the molecule is Fc1ccc(C(F)(F)F)nc1-c1ccc(Cl)cc1Cl. The van der Waals surface area contributed by atoms with Crippen molar-refractivity contribution in [1.82, 2.24) is 4.98 Å². The fourth-order valence-electron chi connectivity index (χ4n) is 1.47. The number of halogens is 6. The Balaban J connectivity index is 2.61. The molecular formula is C12H5Cl2F4N. The van der Waals surface area contributed by atoms with E-state index >= 15 is 0 Å². The summed E-state index contributed by atoms with van der Waals surface area (Å²) in [6.07, 6.45) is -4.65. The summed E-state index contributed by atoms with van der Waals surface area (Å²) in [6.45, 7) is 0. The van der Waals surface area contributed by atoms with Crippen LogP contribution in [0.3, 0.4) is 0 Å². The highest BCUT2D eigenvalue weighted by Gasteiger charge is 2.33. The number of hydrogen-bond donors (Lipinski definition) is 0. The fraction of sp³-hybridized carbons (Fsp3) is 0.0833. The van der Waals surface area contributed by atoms with Gasteiger partial charge in [-0.2, -0.15) is 13.2 Å². The van der Waals surface area contributed by atoms with E-state index in [0.29, 0.717) is 17.2 Å². The highest BCUT2D eigenvalue weighted by Crippen LogP contribution is 2.34. The van der Waals surface area contributed by atoms with Crippen LogP contribution in [0.2, 0.25) is 10.0 Å². The van der Waals surface area contributed by atoms with Gasteiger partial charge in [-0.1, -0.05) is 23.2 Å². The van der Waals surface area contributed by atoms with Gasteiger partial charge in [0, 0.05) is 10.6 Å². The quantitative estimate of drug-likeness (QED) is 0.659. The van der Waals surface area contributed by atoms with Crippen LogP contribution in [0.25, 0.3) is 11.3 Å². The van der Waals surface area contributed by atoms with E-state index in [4.69, 9.17) is 23.2 Å². The first kappa shape index (κ1) is 14.1. The number of benzene rings is 1. The molecule has 2 rings (SSSR count). The smallest absolute Gasteiger partial charge is 0.240 e. The summed E-state index contributed by atoms with van der Waals surface area (Å²) >= 11 is 11.5. The van der Waals surface area contributed by atoms with Crippen molar-refractivity contribution in [3.63, 3.8) is 0 Å². The maximum Gasteiger partial charge on any atom is 0.433 e. The van der Waals surface area contributed by atoms with E-state index in [9.17, 15) is 17.6 Å². The van der Waals surface area contributed by atoms with Gasteiger partial charge in [0.1, 0.15) is 17.2 Å². The summed E-state index contributed by atoms with van der Waals surface area (Å²) in [5.41, 5.74) is -1.60. The standard InChI is InChI=1S/C12H5Cl2F4N/c13-6-1-2-7(8(14)5-6)11-9(15)3-4-10(19-11)12(16,17)18/h1-5H. The topological polar surface area (TPSA) is 12.9 Å². The molecule has 0 bridgehead atoms. The van der Waals surface area contributed by atoms with E-state index < -0.39 is 23.4 Å². The Bertz CT molecular complexity index is 626. The molecule has 0 N–H and O–H groups in total. The maximum atomic E-state index is 13.6. The van der Waals surface area contributed by atoms with Gasteiger partial charge in [0.15, 0.2) is 0 Å². The van der Waals surface area contributed by atoms with Crippen LogP contribution < -0.4 is 0 Å². The van der Waals surface area contributed by atoms with Gasteiger partial charge in [-0.15, -0.1) is 0 Å². The van der Waals surface area contributed by atoms with Gasteiger partial charge in [0.25, 0.3) is 0 Å². The highest BCUT2D eigenvalue weighted by atomic mass is 35.5. The molecule has 0 atom stereocenters.